The largest absolute Gasteiger partial charge is 0.348 e. The van der Waals surface area contributed by atoms with E-state index in [2.05, 4.69) is 15.6 Å². The second kappa shape index (κ2) is 5.27. The van der Waals surface area contributed by atoms with E-state index in [1.54, 1.807) is 12.1 Å². The summed E-state index contributed by atoms with van der Waals surface area (Å²) in [6.07, 6.45) is 3.43. The highest BCUT2D eigenvalue weighted by Gasteiger charge is 2.16. The Hall–Kier alpha value is -1.13. The zero-order valence-corrected chi connectivity index (χ0v) is 9.63. The lowest BCUT2D eigenvalue weighted by Crippen LogP contribution is -2.42. The van der Waals surface area contributed by atoms with Crippen molar-refractivity contribution in [2.45, 2.75) is 18.9 Å². The maximum Gasteiger partial charge on any atom is 0.270 e. The highest BCUT2D eigenvalue weighted by Crippen LogP contribution is 2.07. The van der Waals surface area contributed by atoms with Crippen LogP contribution in [0.4, 0.5) is 0 Å². The summed E-state index contributed by atoms with van der Waals surface area (Å²) in [6, 6.07) is 3.57. The molecule has 2 heterocycles. The van der Waals surface area contributed by atoms with Gasteiger partial charge in [0.2, 0.25) is 0 Å². The van der Waals surface area contributed by atoms with E-state index in [-0.39, 0.29) is 11.9 Å². The van der Waals surface area contributed by atoms with Crippen LogP contribution in [-0.2, 0) is 0 Å². The predicted molar refractivity (Wildman–Crippen MR) is 62.6 cm³/mol. The van der Waals surface area contributed by atoms with Crippen molar-refractivity contribution in [3.63, 3.8) is 0 Å². The second-order valence-electron chi connectivity index (χ2n) is 3.86. The standard InChI is InChI=1S/C11H14ClN3O/c12-8-1-2-10(14-7-8)11(16)15-9-3-5-13-6-4-9/h1-2,7,9,13H,3-6H2,(H,15,16). The molecular formula is C11H14ClN3O. The number of nitrogens with one attached hydrogen (secondary N) is 2. The van der Waals surface area contributed by atoms with Crippen LogP contribution in [0.1, 0.15) is 23.3 Å². The minimum absolute atomic E-state index is 0.122. The SMILES string of the molecule is O=C(NC1CCNCC1)c1ccc(Cl)cn1. The zero-order chi connectivity index (χ0) is 11.4. The molecule has 1 aromatic heterocycles. The molecule has 4 nitrogen and oxygen atoms in total. The Morgan fingerprint density at radius 1 is 1.44 bits per heavy atom. The first-order chi connectivity index (χ1) is 7.75. The van der Waals surface area contributed by atoms with Gasteiger partial charge in [0.25, 0.3) is 5.91 Å². The highest BCUT2D eigenvalue weighted by molar-refractivity contribution is 6.30. The van der Waals surface area contributed by atoms with Crippen molar-refractivity contribution in [2.24, 2.45) is 0 Å². The van der Waals surface area contributed by atoms with Crippen LogP contribution in [0.2, 0.25) is 5.02 Å². The van der Waals surface area contributed by atoms with Crippen LogP contribution in [0, 0.1) is 0 Å². The molecule has 0 atom stereocenters. The van der Waals surface area contributed by atoms with Crippen LogP contribution in [0.3, 0.4) is 0 Å². The Bertz CT molecular complexity index is 360. The van der Waals surface area contributed by atoms with Gasteiger partial charge in [-0.05, 0) is 38.1 Å². The quantitative estimate of drug-likeness (QED) is 0.816. The summed E-state index contributed by atoms with van der Waals surface area (Å²) in [5.41, 5.74) is 0.419. The summed E-state index contributed by atoms with van der Waals surface area (Å²) in [6.45, 7) is 1.91. The van der Waals surface area contributed by atoms with Gasteiger partial charge in [0.15, 0.2) is 0 Å². The van der Waals surface area contributed by atoms with Crippen LogP contribution in [0.25, 0.3) is 0 Å². The lowest BCUT2D eigenvalue weighted by atomic mass is 10.1. The van der Waals surface area contributed by atoms with Gasteiger partial charge in [-0.1, -0.05) is 11.6 Å². The maximum atomic E-state index is 11.8. The molecule has 1 aromatic rings. The third kappa shape index (κ3) is 2.93. The lowest BCUT2D eigenvalue weighted by Gasteiger charge is -2.23. The summed E-state index contributed by atoms with van der Waals surface area (Å²) in [7, 11) is 0. The first kappa shape index (κ1) is 11.4. The second-order valence-corrected chi connectivity index (χ2v) is 4.30. The summed E-state index contributed by atoms with van der Waals surface area (Å²) in [4.78, 5) is 15.8. The topological polar surface area (TPSA) is 54.0 Å². The Kier molecular flexibility index (Phi) is 3.74. The summed E-state index contributed by atoms with van der Waals surface area (Å²) in [5, 5.41) is 6.76. The number of aromatic nitrogens is 1. The maximum absolute atomic E-state index is 11.8. The van der Waals surface area contributed by atoms with Gasteiger partial charge >= 0.3 is 0 Å². The van der Waals surface area contributed by atoms with Crippen molar-refractivity contribution in [1.29, 1.82) is 0 Å². The molecule has 0 bridgehead atoms. The molecule has 0 unspecified atom stereocenters. The van der Waals surface area contributed by atoms with Gasteiger partial charge in [-0.2, -0.15) is 0 Å². The number of hydrogen-bond acceptors (Lipinski definition) is 3. The summed E-state index contributed by atoms with van der Waals surface area (Å²) < 4.78 is 0. The predicted octanol–water partition coefficient (Wildman–Crippen LogP) is 1.22. The van der Waals surface area contributed by atoms with Gasteiger partial charge in [-0.15, -0.1) is 0 Å². The first-order valence-electron chi connectivity index (χ1n) is 5.39. The average molecular weight is 240 g/mol. The molecule has 86 valence electrons. The van der Waals surface area contributed by atoms with Gasteiger partial charge < -0.3 is 10.6 Å². The third-order valence-electron chi connectivity index (χ3n) is 2.63. The molecule has 0 aromatic carbocycles. The minimum atomic E-state index is -0.122. The molecule has 2 N–H and O–H groups in total. The van der Waals surface area contributed by atoms with Crippen molar-refractivity contribution in [3.05, 3.63) is 29.0 Å². The van der Waals surface area contributed by atoms with Crippen LogP contribution in [0.15, 0.2) is 18.3 Å². The molecule has 5 heteroatoms. The Balaban J connectivity index is 1.94. The van der Waals surface area contributed by atoms with Crippen LogP contribution >= 0.6 is 11.6 Å². The van der Waals surface area contributed by atoms with E-state index in [0.717, 1.165) is 25.9 Å². The number of rotatable bonds is 2. The fraction of sp³-hybridized carbons (Fsp3) is 0.455. The van der Waals surface area contributed by atoms with E-state index in [1.165, 1.54) is 6.20 Å². The Morgan fingerprint density at radius 2 is 2.19 bits per heavy atom. The van der Waals surface area contributed by atoms with Crippen LogP contribution in [-0.4, -0.2) is 30.0 Å². The molecule has 0 aliphatic carbocycles. The van der Waals surface area contributed by atoms with Crippen molar-refractivity contribution in [2.75, 3.05) is 13.1 Å². The Labute approximate surface area is 99.4 Å². The van der Waals surface area contributed by atoms with E-state index >= 15 is 0 Å². The normalized spacial score (nSPS) is 17.1. The van der Waals surface area contributed by atoms with E-state index in [4.69, 9.17) is 11.6 Å². The van der Waals surface area contributed by atoms with Crippen molar-refractivity contribution in [1.82, 2.24) is 15.6 Å². The smallest absolute Gasteiger partial charge is 0.270 e. The lowest BCUT2D eigenvalue weighted by molar-refractivity contribution is 0.0924. The number of carbonyl (C=O) groups excluding carboxylic acids is 1. The fourth-order valence-electron chi connectivity index (χ4n) is 1.74. The van der Waals surface area contributed by atoms with E-state index in [9.17, 15) is 4.79 Å². The monoisotopic (exact) mass is 239 g/mol. The molecule has 0 spiro atoms. The Morgan fingerprint density at radius 3 is 2.81 bits per heavy atom. The van der Waals surface area contributed by atoms with Crippen molar-refractivity contribution < 1.29 is 4.79 Å². The van der Waals surface area contributed by atoms with Gasteiger partial charge in [0, 0.05) is 12.2 Å². The molecule has 1 fully saturated rings. The van der Waals surface area contributed by atoms with E-state index < -0.39 is 0 Å². The van der Waals surface area contributed by atoms with Gasteiger partial charge in [-0.3, -0.25) is 4.79 Å². The number of piperidine rings is 1. The van der Waals surface area contributed by atoms with Crippen molar-refractivity contribution >= 4 is 17.5 Å². The summed E-state index contributed by atoms with van der Waals surface area (Å²) in [5.74, 6) is -0.122. The van der Waals surface area contributed by atoms with Crippen LogP contribution in [0.5, 0.6) is 0 Å². The summed E-state index contributed by atoms with van der Waals surface area (Å²) >= 11 is 5.71. The van der Waals surface area contributed by atoms with E-state index in [0.29, 0.717) is 10.7 Å². The molecule has 16 heavy (non-hydrogen) atoms. The third-order valence-corrected chi connectivity index (χ3v) is 2.86. The zero-order valence-electron chi connectivity index (χ0n) is 8.87. The number of nitrogens with zero attached hydrogens (tertiary/aromatic N) is 1. The molecule has 0 radical (unpaired) electrons. The number of carbonyl (C=O) groups is 1. The molecule has 1 saturated heterocycles. The highest BCUT2D eigenvalue weighted by atomic mass is 35.5. The minimum Gasteiger partial charge on any atom is -0.348 e. The van der Waals surface area contributed by atoms with Gasteiger partial charge in [0.05, 0.1) is 5.02 Å². The molecule has 1 amide bonds. The number of pyridine rings is 1. The molecular weight excluding hydrogens is 226 g/mol. The van der Waals surface area contributed by atoms with Crippen molar-refractivity contribution in [3.8, 4) is 0 Å². The van der Waals surface area contributed by atoms with E-state index in [1.807, 2.05) is 0 Å². The number of halogens is 1. The first-order valence-corrected chi connectivity index (χ1v) is 5.76. The molecule has 0 saturated carbocycles. The van der Waals surface area contributed by atoms with Gasteiger partial charge in [-0.25, -0.2) is 4.98 Å². The number of amides is 1. The molecule has 1 aliphatic heterocycles. The fourth-order valence-corrected chi connectivity index (χ4v) is 1.85. The number of hydrogen-bond donors (Lipinski definition) is 2. The molecule has 1 aliphatic rings. The van der Waals surface area contributed by atoms with Crippen LogP contribution < -0.4 is 10.6 Å². The van der Waals surface area contributed by atoms with Gasteiger partial charge in [0.1, 0.15) is 5.69 Å². The molecule has 2 rings (SSSR count). The average Bonchev–Trinajstić information content (AvgIpc) is 2.31.